The maximum Gasteiger partial charge on any atom is 0.338 e. The third kappa shape index (κ3) is 5.32. The van der Waals surface area contributed by atoms with E-state index in [0.717, 1.165) is 22.3 Å². The number of rotatable bonds is 8. The largest absolute Gasteiger partial charge is 0.462 e. The molecule has 4 aromatic carbocycles. The molecule has 8 heteroatoms. The van der Waals surface area contributed by atoms with Crippen LogP contribution in [0.2, 0.25) is 0 Å². The molecule has 0 saturated heterocycles. The lowest BCUT2D eigenvalue weighted by atomic mass is 9.99. The molecule has 2 aliphatic carbocycles. The number of benzene rings is 4. The summed E-state index contributed by atoms with van der Waals surface area (Å²) in [5.74, 6) is -0.981. The summed E-state index contributed by atoms with van der Waals surface area (Å²) in [5, 5.41) is 19.1. The zero-order valence-corrected chi connectivity index (χ0v) is 25.0. The van der Waals surface area contributed by atoms with Crippen LogP contribution in [0, 0.1) is 35.8 Å². The summed E-state index contributed by atoms with van der Waals surface area (Å²) < 4.78 is 11.2. The molecule has 4 aromatic rings. The molecule has 0 saturated carbocycles. The molecule has 224 valence electrons. The second-order valence-electron chi connectivity index (χ2n) is 10.8. The summed E-state index contributed by atoms with van der Waals surface area (Å²) in [7, 11) is 0. The van der Waals surface area contributed by atoms with Crippen LogP contribution in [0.3, 0.4) is 0 Å². The molecular formula is C39H24N4O4. The van der Waals surface area contributed by atoms with E-state index >= 15 is 0 Å². The predicted octanol–water partition coefficient (Wildman–Crippen LogP) is 8.24. The first-order valence-electron chi connectivity index (χ1n) is 14.9. The maximum absolute atomic E-state index is 13.2. The van der Waals surface area contributed by atoms with Gasteiger partial charge in [0, 0.05) is 22.3 Å². The molecule has 47 heavy (non-hydrogen) atoms. The fraction of sp³-hybridized carbons (Fsp3) is 0.128. The number of esters is 2. The quantitative estimate of drug-likeness (QED) is 0.0741. The molecule has 0 aromatic heterocycles. The minimum Gasteiger partial charge on any atom is -0.462 e. The van der Waals surface area contributed by atoms with Crippen LogP contribution in [-0.2, 0) is 9.47 Å². The summed E-state index contributed by atoms with van der Waals surface area (Å²) >= 11 is 0. The van der Waals surface area contributed by atoms with Crippen molar-refractivity contribution in [3.8, 4) is 34.4 Å². The molecule has 0 spiro atoms. The van der Waals surface area contributed by atoms with Crippen molar-refractivity contribution in [3.05, 3.63) is 153 Å². The van der Waals surface area contributed by atoms with Gasteiger partial charge in [0.25, 0.3) is 11.4 Å². The third-order valence-electron chi connectivity index (χ3n) is 8.20. The number of ether oxygens (including phenoxy) is 2. The molecule has 0 radical (unpaired) electrons. The lowest BCUT2D eigenvalue weighted by molar-refractivity contribution is 0.0479. The Morgan fingerprint density at radius 3 is 1.32 bits per heavy atom. The molecule has 0 fully saturated rings. The number of nitriles is 2. The van der Waals surface area contributed by atoms with Crippen LogP contribution >= 0.6 is 0 Å². The topological polar surface area (TPSA) is 109 Å². The van der Waals surface area contributed by atoms with Gasteiger partial charge in [-0.2, -0.15) is 0 Å². The van der Waals surface area contributed by atoms with E-state index in [1.165, 1.54) is 0 Å². The normalized spacial score (nSPS) is 13.7. The Bertz CT molecular complexity index is 2030. The van der Waals surface area contributed by atoms with Crippen molar-refractivity contribution in [2.75, 3.05) is 13.2 Å². The van der Waals surface area contributed by atoms with Crippen molar-refractivity contribution < 1.29 is 19.1 Å². The predicted molar refractivity (Wildman–Crippen MR) is 175 cm³/mol. The first-order valence-corrected chi connectivity index (χ1v) is 14.9. The van der Waals surface area contributed by atoms with E-state index in [0.29, 0.717) is 63.8 Å². The highest BCUT2D eigenvalue weighted by Gasteiger charge is 2.31. The Morgan fingerprint density at radius 1 is 0.553 bits per heavy atom. The van der Waals surface area contributed by atoms with Gasteiger partial charge in [0.2, 0.25) is 0 Å². The van der Waals surface area contributed by atoms with Crippen LogP contribution in [0.5, 0.6) is 0 Å². The molecule has 8 nitrogen and oxygen atoms in total. The smallest absolute Gasteiger partial charge is 0.338 e. The van der Waals surface area contributed by atoms with Crippen LogP contribution in [0.15, 0.2) is 96.3 Å². The van der Waals surface area contributed by atoms with Gasteiger partial charge < -0.3 is 9.47 Å². The van der Waals surface area contributed by atoms with E-state index < -0.39 is 11.9 Å². The fourth-order valence-corrected chi connectivity index (χ4v) is 6.22. The summed E-state index contributed by atoms with van der Waals surface area (Å²) in [4.78, 5) is 33.2. The lowest BCUT2D eigenvalue weighted by Gasteiger charge is -2.11. The Labute approximate surface area is 271 Å². The van der Waals surface area contributed by atoms with Gasteiger partial charge in [-0.1, -0.05) is 72.8 Å². The first kappa shape index (κ1) is 30.3. The van der Waals surface area contributed by atoms with Gasteiger partial charge in [0.1, 0.15) is 0 Å². The summed E-state index contributed by atoms with van der Waals surface area (Å²) in [5.41, 5.74) is 7.38. The van der Waals surface area contributed by atoms with Gasteiger partial charge in [-0.3, -0.25) is 0 Å². The van der Waals surface area contributed by atoms with Crippen LogP contribution in [0.4, 0.5) is 0 Å². The van der Waals surface area contributed by atoms with E-state index in [2.05, 4.69) is 9.69 Å². The lowest BCUT2D eigenvalue weighted by Crippen LogP contribution is -2.10. The van der Waals surface area contributed by atoms with Gasteiger partial charge in [0.05, 0.1) is 49.6 Å². The van der Waals surface area contributed by atoms with Gasteiger partial charge in [-0.25, -0.2) is 29.8 Å². The average molecular weight is 613 g/mol. The monoisotopic (exact) mass is 612 g/mol. The van der Waals surface area contributed by atoms with E-state index in [1.54, 1.807) is 36.4 Å². The molecule has 0 unspecified atom stereocenters. The second kappa shape index (κ2) is 13.1. The van der Waals surface area contributed by atoms with Crippen molar-refractivity contribution in [3.63, 3.8) is 0 Å². The fourth-order valence-electron chi connectivity index (χ4n) is 6.22. The van der Waals surface area contributed by atoms with Crippen molar-refractivity contribution in [2.24, 2.45) is 0 Å². The zero-order valence-electron chi connectivity index (χ0n) is 25.0. The molecule has 0 aliphatic heterocycles. The highest BCUT2D eigenvalue weighted by atomic mass is 16.5. The Hall–Kier alpha value is -6.74. The molecule has 0 heterocycles. The van der Waals surface area contributed by atoms with Crippen molar-refractivity contribution in [2.45, 2.75) is 19.3 Å². The van der Waals surface area contributed by atoms with Gasteiger partial charge in [-0.15, -0.1) is 0 Å². The second-order valence-corrected chi connectivity index (χ2v) is 10.8. The summed E-state index contributed by atoms with van der Waals surface area (Å²) in [6.45, 7) is 15.3. The summed E-state index contributed by atoms with van der Waals surface area (Å²) in [6, 6.07) is 29.2. The van der Waals surface area contributed by atoms with E-state index in [-0.39, 0.29) is 24.6 Å². The Balaban J connectivity index is 1.07. The van der Waals surface area contributed by atoms with Crippen LogP contribution in [0.1, 0.15) is 62.2 Å². The standard InChI is InChI=1S/C39H24N4O4/c1-42-32(22-40)36-26-14-6-4-12-24(26)34-28(36)16-10-18-30(34)38(44)46-20-8-3-9-21-47-39(45)31-19-11-17-29-35(31)25-13-5-7-15-27(25)37(29)33(23-41)43-2/h4-7,10-19H,3,8-9,20-21H2/b36-32-,37-33+. The molecule has 2 aliphatic rings. The number of hydrogen-bond acceptors (Lipinski definition) is 6. The number of carbonyl (C=O) groups is 2. The van der Waals surface area contributed by atoms with Crippen LogP contribution < -0.4 is 0 Å². The van der Waals surface area contributed by atoms with E-state index in [9.17, 15) is 20.1 Å². The molecule has 0 amide bonds. The van der Waals surface area contributed by atoms with Gasteiger partial charge in [0.15, 0.2) is 0 Å². The SMILES string of the molecule is [C-]#[N+]/C(C#N)=C1/c2ccccc2-c2c(C(=O)OCCCCCOC(=O)c3cccc4c3-c3ccccc3/C4=C(/C#N)[N+]#[C-])cccc21. The number of nitrogens with zero attached hydrogens (tertiary/aromatic N) is 4. The Kier molecular flexibility index (Phi) is 8.44. The number of allylic oxidation sites excluding steroid dienone is 2. The molecular weight excluding hydrogens is 588 g/mol. The molecule has 6 rings (SSSR count). The van der Waals surface area contributed by atoms with Crippen LogP contribution in [-0.4, -0.2) is 25.2 Å². The first-order chi connectivity index (χ1) is 23.0. The third-order valence-corrected chi connectivity index (χ3v) is 8.20. The van der Waals surface area contributed by atoms with Crippen molar-refractivity contribution >= 4 is 23.1 Å². The minimum absolute atomic E-state index is 0.0290. The van der Waals surface area contributed by atoms with Gasteiger partial charge in [-0.05, 0) is 64.8 Å². The number of fused-ring (bicyclic) bond motifs is 6. The number of unbranched alkanes of at least 4 members (excludes halogenated alkanes) is 2. The average Bonchev–Trinajstić information content (AvgIpc) is 3.62. The number of carbonyl (C=O) groups excluding carboxylic acids is 2. The minimum atomic E-state index is -0.491. The highest BCUT2D eigenvalue weighted by Crippen LogP contribution is 2.48. The van der Waals surface area contributed by atoms with Crippen molar-refractivity contribution in [1.82, 2.24) is 0 Å². The van der Waals surface area contributed by atoms with Crippen molar-refractivity contribution in [1.29, 1.82) is 10.5 Å². The Morgan fingerprint density at radius 2 is 0.936 bits per heavy atom. The molecule has 0 N–H and O–H groups in total. The number of hydrogen-bond donors (Lipinski definition) is 0. The maximum atomic E-state index is 13.2. The molecule has 0 bridgehead atoms. The zero-order chi connectivity index (χ0) is 32.9. The highest BCUT2D eigenvalue weighted by molar-refractivity contribution is 6.11. The van der Waals surface area contributed by atoms with E-state index in [1.807, 2.05) is 60.7 Å². The van der Waals surface area contributed by atoms with Crippen LogP contribution in [0.25, 0.3) is 43.1 Å². The van der Waals surface area contributed by atoms with E-state index in [4.69, 9.17) is 22.6 Å². The van der Waals surface area contributed by atoms with Gasteiger partial charge >= 0.3 is 11.9 Å². The summed E-state index contributed by atoms with van der Waals surface area (Å²) in [6.07, 6.45) is 1.78. The molecule has 0 atom stereocenters.